The van der Waals surface area contributed by atoms with Gasteiger partial charge in [-0.15, -0.1) is 11.3 Å². The van der Waals surface area contributed by atoms with E-state index in [-0.39, 0.29) is 0 Å². The van der Waals surface area contributed by atoms with Crippen LogP contribution in [-0.2, 0) is 6.42 Å². The molecule has 1 heterocycles. The Balaban J connectivity index is 1.56. The molecule has 0 saturated heterocycles. The van der Waals surface area contributed by atoms with Crippen molar-refractivity contribution in [2.75, 3.05) is 7.05 Å². The third kappa shape index (κ3) is 1.48. The molecule has 0 spiro atoms. The van der Waals surface area contributed by atoms with E-state index >= 15 is 0 Å². The van der Waals surface area contributed by atoms with Gasteiger partial charge >= 0.3 is 0 Å². The molecule has 98 valence electrons. The van der Waals surface area contributed by atoms with Crippen molar-refractivity contribution in [2.45, 2.75) is 38.6 Å². The van der Waals surface area contributed by atoms with Crippen molar-refractivity contribution in [3.8, 4) is 0 Å². The molecule has 0 aromatic carbocycles. The Kier molecular flexibility index (Phi) is 2.60. The number of hydrogen-bond acceptors (Lipinski definition) is 2. The van der Waals surface area contributed by atoms with Crippen LogP contribution < -0.4 is 5.32 Å². The summed E-state index contributed by atoms with van der Waals surface area (Å²) < 4.78 is 0. The summed E-state index contributed by atoms with van der Waals surface area (Å²) in [7, 11) is 2.16. The highest BCUT2D eigenvalue weighted by atomic mass is 32.1. The molecule has 18 heavy (non-hydrogen) atoms. The van der Waals surface area contributed by atoms with Gasteiger partial charge in [0.1, 0.15) is 0 Å². The molecule has 0 aliphatic heterocycles. The molecule has 3 aliphatic rings. The largest absolute Gasteiger partial charge is 0.312 e. The van der Waals surface area contributed by atoms with Crippen LogP contribution in [-0.4, -0.2) is 7.05 Å². The van der Waals surface area contributed by atoms with Crippen LogP contribution in [0.2, 0.25) is 0 Å². The molecule has 1 aromatic heterocycles. The lowest BCUT2D eigenvalue weighted by atomic mass is 9.96. The molecule has 3 aliphatic carbocycles. The molecule has 0 amide bonds. The van der Waals surface area contributed by atoms with Crippen LogP contribution >= 0.6 is 11.3 Å². The van der Waals surface area contributed by atoms with Gasteiger partial charge in [-0.2, -0.15) is 0 Å². The highest BCUT2D eigenvalue weighted by molar-refractivity contribution is 7.12. The molecule has 5 unspecified atom stereocenters. The number of hydrogen-bond donors (Lipinski definition) is 1. The fourth-order valence-electron chi connectivity index (χ4n) is 5.11. The van der Waals surface area contributed by atoms with E-state index in [1.165, 1.54) is 19.3 Å². The Bertz CT molecular complexity index is 436. The quantitative estimate of drug-likeness (QED) is 0.867. The Morgan fingerprint density at radius 1 is 1.28 bits per heavy atom. The summed E-state index contributed by atoms with van der Waals surface area (Å²) in [5, 5.41) is 3.63. The van der Waals surface area contributed by atoms with Crippen LogP contribution in [0.15, 0.2) is 12.1 Å². The molecule has 1 nitrogen and oxygen atoms in total. The van der Waals surface area contributed by atoms with E-state index < -0.39 is 0 Å². The van der Waals surface area contributed by atoms with Gasteiger partial charge in [-0.3, -0.25) is 0 Å². The number of fused-ring (bicyclic) bond motifs is 5. The predicted octanol–water partition coefficient (Wildman–Crippen LogP) is 3.86. The van der Waals surface area contributed by atoms with Crippen molar-refractivity contribution in [3.05, 3.63) is 21.9 Å². The summed E-state index contributed by atoms with van der Waals surface area (Å²) in [6, 6.07) is 5.35. The first kappa shape index (κ1) is 11.5. The zero-order valence-corrected chi connectivity index (χ0v) is 12.2. The van der Waals surface area contributed by atoms with Crippen LogP contribution in [0.25, 0.3) is 0 Å². The van der Waals surface area contributed by atoms with Crippen molar-refractivity contribution in [3.63, 3.8) is 0 Å². The van der Waals surface area contributed by atoms with E-state index in [1.54, 1.807) is 16.2 Å². The van der Waals surface area contributed by atoms with Crippen LogP contribution in [0.5, 0.6) is 0 Å². The fraction of sp³-hybridized carbons (Fsp3) is 0.750. The lowest BCUT2D eigenvalue weighted by molar-refractivity contribution is 0.389. The number of rotatable bonds is 4. The van der Waals surface area contributed by atoms with E-state index in [0.717, 1.165) is 29.6 Å². The average Bonchev–Trinajstić information content (AvgIpc) is 2.81. The minimum absolute atomic E-state index is 0.647. The van der Waals surface area contributed by atoms with E-state index in [2.05, 4.69) is 31.4 Å². The second-order valence-electron chi connectivity index (χ2n) is 6.49. The SMILES string of the molecule is CCc1ccc(C(NC)C2C3C4CCC(C4)C32)s1. The van der Waals surface area contributed by atoms with Gasteiger partial charge < -0.3 is 5.32 Å². The third-order valence-corrected chi connectivity index (χ3v) is 7.14. The Hall–Kier alpha value is -0.340. The molecule has 3 fully saturated rings. The smallest absolute Gasteiger partial charge is 0.0446 e. The van der Waals surface area contributed by atoms with Crippen LogP contribution in [0.1, 0.15) is 42.0 Å². The predicted molar refractivity (Wildman–Crippen MR) is 76.8 cm³/mol. The molecule has 2 heteroatoms. The zero-order chi connectivity index (χ0) is 12.3. The minimum Gasteiger partial charge on any atom is -0.312 e. The highest BCUT2D eigenvalue weighted by Gasteiger charge is 2.66. The highest BCUT2D eigenvalue weighted by Crippen LogP contribution is 2.72. The normalized spacial score (nSPS) is 42.0. The molecule has 1 aromatic rings. The van der Waals surface area contributed by atoms with Crippen molar-refractivity contribution in [1.29, 1.82) is 0 Å². The Labute approximate surface area is 114 Å². The van der Waals surface area contributed by atoms with E-state index in [9.17, 15) is 0 Å². The molecule has 2 bridgehead atoms. The number of thiophene rings is 1. The van der Waals surface area contributed by atoms with E-state index in [4.69, 9.17) is 0 Å². The second kappa shape index (κ2) is 4.08. The zero-order valence-electron chi connectivity index (χ0n) is 11.4. The van der Waals surface area contributed by atoms with Gasteiger partial charge in [-0.1, -0.05) is 6.92 Å². The van der Waals surface area contributed by atoms with Gasteiger partial charge in [0.15, 0.2) is 0 Å². The first-order valence-corrected chi connectivity index (χ1v) is 8.41. The standard InChI is InChI=1S/C16H23NS/c1-3-11-6-7-12(18-11)16(17-2)15-13-9-4-5-10(8-9)14(13)15/h6-7,9-10,13-17H,3-5,8H2,1-2H3. The van der Waals surface area contributed by atoms with Gasteiger partial charge in [0.25, 0.3) is 0 Å². The van der Waals surface area contributed by atoms with Crippen LogP contribution in [0, 0.1) is 29.6 Å². The van der Waals surface area contributed by atoms with Gasteiger partial charge in [-0.25, -0.2) is 0 Å². The summed E-state index contributed by atoms with van der Waals surface area (Å²) >= 11 is 2.03. The fourth-order valence-corrected chi connectivity index (χ4v) is 6.24. The maximum Gasteiger partial charge on any atom is 0.0446 e. The Morgan fingerprint density at radius 3 is 2.56 bits per heavy atom. The van der Waals surface area contributed by atoms with Gasteiger partial charge in [-0.05, 0) is 74.5 Å². The van der Waals surface area contributed by atoms with E-state index in [1.807, 2.05) is 11.3 Å². The van der Waals surface area contributed by atoms with Gasteiger partial charge in [0, 0.05) is 15.8 Å². The van der Waals surface area contributed by atoms with E-state index in [0.29, 0.717) is 6.04 Å². The van der Waals surface area contributed by atoms with Gasteiger partial charge in [0.05, 0.1) is 0 Å². The summed E-state index contributed by atoms with van der Waals surface area (Å²) in [5.41, 5.74) is 0. The number of aryl methyl sites for hydroxylation is 1. The molecular formula is C16H23NS. The first-order chi connectivity index (χ1) is 8.83. The van der Waals surface area contributed by atoms with Crippen molar-refractivity contribution < 1.29 is 0 Å². The maximum atomic E-state index is 3.63. The third-order valence-electron chi connectivity index (χ3n) is 5.83. The van der Waals surface area contributed by atoms with Crippen LogP contribution in [0.3, 0.4) is 0 Å². The molecular weight excluding hydrogens is 238 g/mol. The monoisotopic (exact) mass is 261 g/mol. The molecule has 5 atom stereocenters. The summed E-state index contributed by atoms with van der Waals surface area (Å²) in [6.45, 7) is 2.26. The number of nitrogens with one attached hydrogen (secondary N) is 1. The lowest BCUT2D eigenvalue weighted by Crippen LogP contribution is -2.20. The Morgan fingerprint density at radius 2 is 2.00 bits per heavy atom. The summed E-state index contributed by atoms with van der Waals surface area (Å²) in [6.07, 6.45) is 5.81. The maximum absolute atomic E-state index is 3.63. The topological polar surface area (TPSA) is 12.0 Å². The van der Waals surface area contributed by atoms with Crippen LogP contribution in [0.4, 0.5) is 0 Å². The summed E-state index contributed by atoms with van der Waals surface area (Å²) in [4.78, 5) is 3.13. The average molecular weight is 261 g/mol. The summed E-state index contributed by atoms with van der Waals surface area (Å²) in [5.74, 6) is 5.30. The first-order valence-electron chi connectivity index (χ1n) is 7.59. The molecule has 0 radical (unpaired) electrons. The lowest BCUT2D eigenvalue weighted by Gasteiger charge is -2.18. The molecule has 1 N–H and O–H groups in total. The minimum atomic E-state index is 0.647. The van der Waals surface area contributed by atoms with Gasteiger partial charge in [0.2, 0.25) is 0 Å². The molecule has 4 rings (SSSR count). The van der Waals surface area contributed by atoms with Crippen molar-refractivity contribution >= 4 is 11.3 Å². The van der Waals surface area contributed by atoms with Crippen molar-refractivity contribution in [1.82, 2.24) is 5.32 Å². The van der Waals surface area contributed by atoms with Crippen molar-refractivity contribution in [2.24, 2.45) is 29.6 Å². The molecule has 3 saturated carbocycles. The second-order valence-corrected chi connectivity index (χ2v) is 7.69.